The minimum absolute atomic E-state index is 0.00659. The summed E-state index contributed by atoms with van der Waals surface area (Å²) in [4.78, 5) is 25.2. The Morgan fingerprint density at radius 2 is 1.84 bits per heavy atom. The summed E-state index contributed by atoms with van der Waals surface area (Å²) in [6.07, 6.45) is 4.07. The number of unbranched alkanes of at least 4 members (excludes halogenated alkanes) is 2. The molecule has 0 spiro atoms. The largest absolute Gasteiger partial charge is 0.481 e. The molecular weight excluding hydrogens is 472 g/mol. The number of aliphatic carboxylic acids is 1. The van der Waals surface area contributed by atoms with Crippen LogP contribution in [0, 0.1) is 0 Å². The van der Waals surface area contributed by atoms with Crippen LogP contribution in [-0.2, 0) is 25.7 Å². The van der Waals surface area contributed by atoms with Crippen molar-refractivity contribution in [2.75, 3.05) is 25.5 Å². The van der Waals surface area contributed by atoms with Gasteiger partial charge in [0.1, 0.15) is 0 Å². The Morgan fingerprint density at radius 1 is 1.08 bits per heavy atom. The SMILES string of the molecule is C=CCN(C)CC1CC(c2ccc(CO)cc2)OC(c2cccc(NC(=O)CCCCCC(=O)O)c2)O1. The van der Waals surface area contributed by atoms with Crippen LogP contribution in [0.25, 0.3) is 0 Å². The molecule has 0 saturated carbocycles. The summed E-state index contributed by atoms with van der Waals surface area (Å²) in [5, 5.41) is 21.0. The Hall–Kier alpha value is -3.04. The normalized spacial score (nSPS) is 19.5. The second-order valence-electron chi connectivity index (χ2n) is 9.49. The van der Waals surface area contributed by atoms with Crippen LogP contribution in [0.4, 0.5) is 5.69 Å². The Labute approximate surface area is 218 Å². The number of carboxylic acid groups (broad SMARTS) is 1. The number of nitrogens with zero attached hydrogens (tertiary/aromatic N) is 1. The number of aliphatic hydroxyl groups excluding tert-OH is 1. The fraction of sp³-hybridized carbons (Fsp3) is 0.448. The number of carbonyl (C=O) groups excluding carboxylic acids is 1. The molecule has 3 N–H and O–H groups in total. The number of aliphatic hydroxyl groups is 1. The van der Waals surface area contributed by atoms with Crippen molar-refractivity contribution in [3.8, 4) is 0 Å². The van der Waals surface area contributed by atoms with Crippen LogP contribution in [0.1, 0.15) is 67.6 Å². The molecule has 1 saturated heterocycles. The number of carbonyl (C=O) groups is 2. The van der Waals surface area contributed by atoms with Crippen molar-refractivity contribution in [2.45, 2.75) is 63.6 Å². The van der Waals surface area contributed by atoms with Crippen molar-refractivity contribution < 1.29 is 29.3 Å². The predicted octanol–water partition coefficient (Wildman–Crippen LogP) is 4.82. The van der Waals surface area contributed by atoms with Gasteiger partial charge in [0.25, 0.3) is 0 Å². The molecule has 3 rings (SSSR count). The molecule has 0 bridgehead atoms. The first-order valence-corrected chi connectivity index (χ1v) is 12.8. The molecule has 3 atom stereocenters. The van der Waals surface area contributed by atoms with Crippen LogP contribution in [0.3, 0.4) is 0 Å². The number of ether oxygens (including phenoxy) is 2. The zero-order chi connectivity index (χ0) is 26.6. The molecule has 200 valence electrons. The van der Waals surface area contributed by atoms with E-state index in [0.29, 0.717) is 37.8 Å². The van der Waals surface area contributed by atoms with Gasteiger partial charge < -0.3 is 29.9 Å². The van der Waals surface area contributed by atoms with Gasteiger partial charge in [-0.05, 0) is 43.1 Å². The first-order valence-electron chi connectivity index (χ1n) is 12.8. The van der Waals surface area contributed by atoms with Gasteiger partial charge in [0, 0.05) is 43.6 Å². The molecule has 1 amide bonds. The van der Waals surface area contributed by atoms with E-state index < -0.39 is 12.3 Å². The Bertz CT molecular complexity index is 1030. The van der Waals surface area contributed by atoms with Gasteiger partial charge in [-0.2, -0.15) is 0 Å². The lowest BCUT2D eigenvalue weighted by Gasteiger charge is -2.37. The van der Waals surface area contributed by atoms with E-state index in [4.69, 9.17) is 14.6 Å². The number of benzene rings is 2. The Morgan fingerprint density at radius 3 is 2.54 bits per heavy atom. The lowest BCUT2D eigenvalue weighted by molar-refractivity contribution is -0.252. The molecule has 0 radical (unpaired) electrons. The summed E-state index contributed by atoms with van der Waals surface area (Å²) in [7, 11) is 2.03. The molecule has 1 heterocycles. The molecule has 3 unspecified atom stereocenters. The van der Waals surface area contributed by atoms with Gasteiger partial charge in [0.15, 0.2) is 6.29 Å². The van der Waals surface area contributed by atoms with Gasteiger partial charge in [-0.15, -0.1) is 6.58 Å². The van der Waals surface area contributed by atoms with Crippen LogP contribution in [0.15, 0.2) is 61.2 Å². The van der Waals surface area contributed by atoms with Gasteiger partial charge in [-0.3, -0.25) is 9.59 Å². The first kappa shape index (κ1) is 28.5. The van der Waals surface area contributed by atoms with Crippen molar-refractivity contribution in [3.05, 3.63) is 77.9 Å². The monoisotopic (exact) mass is 510 g/mol. The minimum atomic E-state index is -0.813. The van der Waals surface area contributed by atoms with Gasteiger partial charge in [-0.25, -0.2) is 0 Å². The molecule has 2 aromatic rings. The van der Waals surface area contributed by atoms with Crippen LogP contribution in [-0.4, -0.2) is 53.2 Å². The van der Waals surface area contributed by atoms with E-state index in [1.165, 1.54) is 0 Å². The lowest BCUT2D eigenvalue weighted by atomic mass is 9.99. The van der Waals surface area contributed by atoms with Crippen molar-refractivity contribution in [1.82, 2.24) is 4.90 Å². The maximum Gasteiger partial charge on any atom is 0.303 e. The summed E-state index contributed by atoms with van der Waals surface area (Å²) in [5.74, 6) is -0.920. The highest BCUT2D eigenvalue weighted by atomic mass is 16.7. The third-order valence-corrected chi connectivity index (χ3v) is 6.31. The average Bonchev–Trinajstić information content (AvgIpc) is 2.88. The van der Waals surface area contributed by atoms with Gasteiger partial charge in [0.05, 0.1) is 18.8 Å². The predicted molar refractivity (Wildman–Crippen MR) is 142 cm³/mol. The lowest BCUT2D eigenvalue weighted by Crippen LogP contribution is -2.37. The topological polar surface area (TPSA) is 108 Å². The number of hydrogen-bond donors (Lipinski definition) is 3. The zero-order valence-electron chi connectivity index (χ0n) is 21.5. The molecule has 1 fully saturated rings. The molecule has 8 heteroatoms. The Balaban J connectivity index is 1.68. The number of nitrogens with one attached hydrogen (secondary N) is 1. The molecule has 2 aromatic carbocycles. The highest BCUT2D eigenvalue weighted by Gasteiger charge is 2.32. The molecule has 0 aromatic heterocycles. The highest BCUT2D eigenvalue weighted by Crippen LogP contribution is 2.38. The van der Waals surface area contributed by atoms with Crippen molar-refractivity contribution in [2.24, 2.45) is 0 Å². The van der Waals surface area contributed by atoms with Crippen molar-refractivity contribution in [3.63, 3.8) is 0 Å². The van der Waals surface area contributed by atoms with Gasteiger partial charge in [-0.1, -0.05) is 48.9 Å². The van der Waals surface area contributed by atoms with Gasteiger partial charge in [0.2, 0.25) is 5.91 Å². The smallest absolute Gasteiger partial charge is 0.303 e. The molecule has 0 aliphatic carbocycles. The molecule has 1 aliphatic heterocycles. The zero-order valence-corrected chi connectivity index (χ0v) is 21.5. The second kappa shape index (κ2) is 14.6. The number of rotatable bonds is 14. The maximum atomic E-state index is 12.4. The number of amides is 1. The van der Waals surface area contributed by atoms with E-state index >= 15 is 0 Å². The average molecular weight is 511 g/mol. The number of anilines is 1. The molecule has 8 nitrogen and oxygen atoms in total. The van der Waals surface area contributed by atoms with Crippen LogP contribution in [0.2, 0.25) is 0 Å². The number of likely N-dealkylation sites (N-methyl/N-ethyl adjacent to an activating group) is 1. The van der Waals surface area contributed by atoms with Crippen LogP contribution < -0.4 is 5.32 Å². The van der Waals surface area contributed by atoms with E-state index in [1.807, 2.05) is 61.7 Å². The summed E-state index contributed by atoms with van der Waals surface area (Å²) in [6.45, 7) is 5.28. The minimum Gasteiger partial charge on any atom is -0.481 e. The first-order chi connectivity index (χ1) is 17.9. The quantitative estimate of drug-likeness (QED) is 0.247. The van der Waals surface area contributed by atoms with E-state index in [2.05, 4.69) is 16.8 Å². The maximum absolute atomic E-state index is 12.4. The number of hydrogen-bond acceptors (Lipinski definition) is 6. The van der Waals surface area contributed by atoms with Crippen LogP contribution in [0.5, 0.6) is 0 Å². The van der Waals surface area contributed by atoms with E-state index in [0.717, 1.165) is 29.8 Å². The summed E-state index contributed by atoms with van der Waals surface area (Å²) in [6, 6.07) is 15.3. The highest BCUT2D eigenvalue weighted by molar-refractivity contribution is 5.90. The third kappa shape index (κ3) is 9.40. The van der Waals surface area contributed by atoms with Gasteiger partial charge >= 0.3 is 5.97 Å². The summed E-state index contributed by atoms with van der Waals surface area (Å²) in [5.41, 5.74) is 3.34. The molecule has 37 heavy (non-hydrogen) atoms. The molecular formula is C29H38N2O6. The van der Waals surface area contributed by atoms with Crippen LogP contribution >= 0.6 is 0 Å². The standard InChI is InChI=1S/C29H38N2O6/c1-3-16-31(2)19-25-18-26(22-14-12-21(20-32)13-15-22)37-29(36-25)23-8-7-9-24(17-23)30-27(33)10-5-4-6-11-28(34)35/h3,7-9,12-15,17,25-26,29,32H,1,4-6,10-11,16,18-20H2,2H3,(H,30,33)(H,34,35). The fourth-order valence-corrected chi connectivity index (χ4v) is 4.40. The van der Waals surface area contributed by atoms with E-state index in [-0.39, 0.29) is 31.1 Å². The third-order valence-electron chi connectivity index (χ3n) is 6.31. The number of carboxylic acids is 1. The van der Waals surface area contributed by atoms with E-state index in [1.54, 1.807) is 0 Å². The Kier molecular flexibility index (Phi) is 11.3. The summed E-state index contributed by atoms with van der Waals surface area (Å²) >= 11 is 0. The van der Waals surface area contributed by atoms with E-state index in [9.17, 15) is 14.7 Å². The summed E-state index contributed by atoms with van der Waals surface area (Å²) < 4.78 is 12.7. The van der Waals surface area contributed by atoms with Crippen molar-refractivity contribution in [1.29, 1.82) is 0 Å². The second-order valence-corrected chi connectivity index (χ2v) is 9.49. The fourth-order valence-electron chi connectivity index (χ4n) is 4.40. The van der Waals surface area contributed by atoms with Crippen molar-refractivity contribution >= 4 is 17.6 Å². The molecule has 1 aliphatic rings.